The molecule has 0 saturated heterocycles. The van der Waals surface area contributed by atoms with Crippen molar-refractivity contribution in [3.63, 3.8) is 0 Å². The lowest BCUT2D eigenvalue weighted by Gasteiger charge is -2.01. The van der Waals surface area contributed by atoms with Crippen LogP contribution in [0.25, 0.3) is 0 Å². The maximum absolute atomic E-state index is 11.9. The van der Waals surface area contributed by atoms with E-state index in [1.807, 2.05) is 0 Å². The minimum atomic E-state index is -0.382. The van der Waals surface area contributed by atoms with Gasteiger partial charge in [0, 0.05) is 6.92 Å². The van der Waals surface area contributed by atoms with Crippen molar-refractivity contribution in [1.82, 2.24) is 10.4 Å². The number of anilines is 1. The Hall–Kier alpha value is -2.74. The Kier molecular flexibility index (Phi) is 4.84. The van der Waals surface area contributed by atoms with Gasteiger partial charge in [-0.1, -0.05) is 11.3 Å². The van der Waals surface area contributed by atoms with E-state index in [2.05, 4.69) is 15.5 Å². The molecule has 8 heteroatoms. The number of nitrogens with zero attached hydrogens (tertiary/aromatic N) is 2. The summed E-state index contributed by atoms with van der Waals surface area (Å²) < 4.78 is 4.91. The number of rotatable bonds is 4. The fraction of sp³-hybridized carbons (Fsp3) is 0.143. The van der Waals surface area contributed by atoms with E-state index in [1.54, 1.807) is 31.2 Å². The molecule has 2 rings (SSSR count). The Labute approximate surface area is 130 Å². The molecule has 22 heavy (non-hydrogen) atoms. The molecule has 114 valence electrons. The Bertz CT molecular complexity index is 722. The van der Waals surface area contributed by atoms with E-state index >= 15 is 0 Å². The lowest BCUT2D eigenvalue weighted by Crippen LogP contribution is -2.17. The molecule has 7 nitrogen and oxygen atoms in total. The summed E-state index contributed by atoms with van der Waals surface area (Å²) in [5, 5.41) is 4.21. The molecule has 0 radical (unpaired) electrons. The molecule has 0 bridgehead atoms. The monoisotopic (exact) mass is 318 g/mol. The highest BCUT2D eigenvalue weighted by Crippen LogP contribution is 2.19. The summed E-state index contributed by atoms with van der Waals surface area (Å²) in [6.45, 7) is 3.04. The summed E-state index contributed by atoms with van der Waals surface area (Å²) in [5.74, 6) is -0.295. The van der Waals surface area contributed by atoms with Crippen molar-refractivity contribution >= 4 is 34.6 Å². The summed E-state index contributed by atoms with van der Waals surface area (Å²) in [6, 6.07) is 6.70. The van der Waals surface area contributed by atoms with Gasteiger partial charge in [-0.15, -0.1) is 0 Å². The molecule has 1 aromatic carbocycles. The van der Waals surface area contributed by atoms with Crippen molar-refractivity contribution in [2.75, 3.05) is 5.73 Å². The van der Waals surface area contributed by atoms with Crippen LogP contribution in [0.4, 0.5) is 5.13 Å². The summed E-state index contributed by atoms with van der Waals surface area (Å²) in [4.78, 5) is 27.1. The third-order valence-corrected chi connectivity index (χ3v) is 3.53. The Balaban J connectivity index is 1.96. The number of carbonyl (C=O) groups is 2. The Morgan fingerprint density at radius 1 is 1.36 bits per heavy atom. The van der Waals surface area contributed by atoms with Gasteiger partial charge >= 0.3 is 5.97 Å². The van der Waals surface area contributed by atoms with Crippen LogP contribution in [0.2, 0.25) is 0 Å². The van der Waals surface area contributed by atoms with E-state index in [4.69, 9.17) is 10.5 Å². The number of benzene rings is 1. The molecule has 0 aliphatic heterocycles. The van der Waals surface area contributed by atoms with Gasteiger partial charge in [-0.05, 0) is 36.8 Å². The number of carbonyl (C=O) groups excluding carboxylic acids is 2. The number of ether oxygens (including phenoxy) is 1. The molecule has 0 unspecified atom stereocenters. The predicted octanol–water partition coefficient (Wildman–Crippen LogP) is 1.72. The van der Waals surface area contributed by atoms with Crippen LogP contribution >= 0.6 is 11.3 Å². The average molecular weight is 318 g/mol. The number of hydrazone groups is 1. The van der Waals surface area contributed by atoms with Crippen molar-refractivity contribution in [3.05, 3.63) is 40.4 Å². The zero-order chi connectivity index (χ0) is 16.1. The van der Waals surface area contributed by atoms with Gasteiger partial charge in [-0.25, -0.2) is 10.4 Å². The lowest BCUT2D eigenvalue weighted by molar-refractivity contribution is -0.131. The molecule has 3 N–H and O–H groups in total. The van der Waals surface area contributed by atoms with Gasteiger partial charge in [0.05, 0.1) is 11.9 Å². The van der Waals surface area contributed by atoms with E-state index in [9.17, 15) is 9.59 Å². The smallest absolute Gasteiger partial charge is 0.308 e. The number of amides is 1. The third kappa shape index (κ3) is 4.13. The number of aromatic nitrogens is 1. The normalized spacial score (nSPS) is 10.6. The van der Waals surface area contributed by atoms with Gasteiger partial charge in [0.1, 0.15) is 10.6 Å². The highest BCUT2D eigenvalue weighted by atomic mass is 32.1. The Morgan fingerprint density at radius 2 is 2.05 bits per heavy atom. The highest BCUT2D eigenvalue weighted by molar-refractivity contribution is 7.17. The molecule has 1 amide bonds. The largest absolute Gasteiger partial charge is 0.427 e. The molecule has 2 aromatic rings. The molecule has 0 aliphatic rings. The number of hydrogen-bond donors (Lipinski definition) is 2. The van der Waals surface area contributed by atoms with Crippen molar-refractivity contribution in [3.8, 4) is 5.75 Å². The molecular weight excluding hydrogens is 304 g/mol. The summed E-state index contributed by atoms with van der Waals surface area (Å²) >= 11 is 1.11. The highest BCUT2D eigenvalue weighted by Gasteiger charge is 2.13. The van der Waals surface area contributed by atoms with Crippen molar-refractivity contribution in [1.29, 1.82) is 0 Å². The summed E-state index contributed by atoms with van der Waals surface area (Å²) in [5.41, 5.74) is 9.26. The number of esters is 1. The number of aryl methyl sites for hydroxylation is 1. The van der Waals surface area contributed by atoms with E-state index in [0.29, 0.717) is 21.5 Å². The molecule has 0 atom stereocenters. The zero-order valence-corrected chi connectivity index (χ0v) is 12.8. The predicted molar refractivity (Wildman–Crippen MR) is 84.1 cm³/mol. The van der Waals surface area contributed by atoms with E-state index in [0.717, 1.165) is 16.9 Å². The van der Waals surface area contributed by atoms with Gasteiger partial charge in [-0.2, -0.15) is 5.10 Å². The first kappa shape index (κ1) is 15.6. The first-order chi connectivity index (χ1) is 10.5. The number of nitrogens with one attached hydrogen (secondary N) is 1. The zero-order valence-electron chi connectivity index (χ0n) is 12.0. The SMILES string of the molecule is CC(=O)Oc1ccc(/C=N\NC(=O)c2sc(N)nc2C)cc1. The quantitative estimate of drug-likeness (QED) is 0.386. The number of hydrogen-bond acceptors (Lipinski definition) is 7. The van der Waals surface area contributed by atoms with Crippen molar-refractivity contribution < 1.29 is 14.3 Å². The molecule has 1 heterocycles. The fourth-order valence-corrected chi connectivity index (χ4v) is 2.36. The first-order valence-electron chi connectivity index (χ1n) is 6.30. The van der Waals surface area contributed by atoms with E-state index in [1.165, 1.54) is 13.1 Å². The van der Waals surface area contributed by atoms with E-state index < -0.39 is 0 Å². The standard InChI is InChI=1S/C14H14N4O3S/c1-8-12(22-14(15)17-8)13(20)18-16-7-10-3-5-11(6-4-10)21-9(2)19/h3-7H,1-2H3,(H2,15,17)(H,18,20)/b16-7-. The number of thiazole rings is 1. The maximum atomic E-state index is 11.9. The maximum Gasteiger partial charge on any atom is 0.308 e. The van der Waals surface area contributed by atoms with Gasteiger partial charge < -0.3 is 10.5 Å². The van der Waals surface area contributed by atoms with Crippen LogP contribution in [0.15, 0.2) is 29.4 Å². The molecular formula is C14H14N4O3S. The summed E-state index contributed by atoms with van der Waals surface area (Å²) in [7, 11) is 0. The molecule has 1 aromatic heterocycles. The van der Waals surface area contributed by atoms with Gasteiger partial charge in [0.25, 0.3) is 5.91 Å². The summed E-state index contributed by atoms with van der Waals surface area (Å²) in [6.07, 6.45) is 1.48. The van der Waals surface area contributed by atoms with Crippen LogP contribution in [-0.2, 0) is 4.79 Å². The van der Waals surface area contributed by atoms with Crippen molar-refractivity contribution in [2.45, 2.75) is 13.8 Å². The second-order valence-corrected chi connectivity index (χ2v) is 5.36. The molecule has 0 aliphatic carbocycles. The lowest BCUT2D eigenvalue weighted by atomic mass is 10.2. The van der Waals surface area contributed by atoms with Gasteiger partial charge in [0.2, 0.25) is 0 Å². The van der Waals surface area contributed by atoms with Gasteiger partial charge in [-0.3, -0.25) is 9.59 Å². The van der Waals surface area contributed by atoms with Crippen LogP contribution in [0.1, 0.15) is 27.9 Å². The number of nitrogens with two attached hydrogens (primary N) is 1. The molecule has 0 saturated carbocycles. The number of nitrogen functional groups attached to an aromatic ring is 1. The minimum Gasteiger partial charge on any atom is -0.427 e. The van der Waals surface area contributed by atoms with Crippen LogP contribution < -0.4 is 15.9 Å². The molecule has 0 fully saturated rings. The molecule has 0 spiro atoms. The third-order valence-electron chi connectivity index (χ3n) is 2.54. The van der Waals surface area contributed by atoms with Gasteiger partial charge in [0.15, 0.2) is 5.13 Å². The second-order valence-electron chi connectivity index (χ2n) is 4.33. The fourth-order valence-electron chi connectivity index (χ4n) is 1.63. The Morgan fingerprint density at radius 3 is 2.59 bits per heavy atom. The second kappa shape index (κ2) is 6.81. The topological polar surface area (TPSA) is 107 Å². The minimum absolute atomic E-state index is 0.340. The first-order valence-corrected chi connectivity index (χ1v) is 7.12. The van der Waals surface area contributed by atoms with Crippen LogP contribution in [0, 0.1) is 6.92 Å². The van der Waals surface area contributed by atoms with E-state index in [-0.39, 0.29) is 11.9 Å². The van der Waals surface area contributed by atoms with Crippen molar-refractivity contribution in [2.24, 2.45) is 5.10 Å². The van der Waals surface area contributed by atoms with Crippen LogP contribution in [-0.4, -0.2) is 23.1 Å². The average Bonchev–Trinajstić information content (AvgIpc) is 2.79. The van der Waals surface area contributed by atoms with Crippen LogP contribution in [0.3, 0.4) is 0 Å². The van der Waals surface area contributed by atoms with Crippen LogP contribution in [0.5, 0.6) is 5.75 Å².